The van der Waals surface area contributed by atoms with E-state index in [1.165, 1.54) is 0 Å². The molecular formula is C14H9Cl2NO. The van der Waals surface area contributed by atoms with Crippen molar-refractivity contribution in [3.05, 3.63) is 63.6 Å². The minimum absolute atomic E-state index is 0.339. The van der Waals surface area contributed by atoms with E-state index in [2.05, 4.69) is 0 Å². The van der Waals surface area contributed by atoms with Gasteiger partial charge in [0.05, 0.1) is 16.7 Å². The minimum atomic E-state index is 0.339. The van der Waals surface area contributed by atoms with Crippen LogP contribution in [-0.2, 0) is 6.61 Å². The van der Waals surface area contributed by atoms with E-state index in [-0.39, 0.29) is 0 Å². The molecule has 2 rings (SSSR count). The number of hydrogen-bond donors (Lipinski definition) is 0. The van der Waals surface area contributed by atoms with Gasteiger partial charge in [0.1, 0.15) is 12.4 Å². The van der Waals surface area contributed by atoms with Crippen LogP contribution in [0.2, 0.25) is 10.0 Å². The quantitative estimate of drug-likeness (QED) is 0.831. The lowest BCUT2D eigenvalue weighted by molar-refractivity contribution is 0.306. The summed E-state index contributed by atoms with van der Waals surface area (Å²) in [5, 5.41) is 9.80. The van der Waals surface area contributed by atoms with Gasteiger partial charge in [-0.2, -0.15) is 5.26 Å². The van der Waals surface area contributed by atoms with Gasteiger partial charge in [-0.05, 0) is 24.3 Å². The minimum Gasteiger partial charge on any atom is -0.487 e. The van der Waals surface area contributed by atoms with Gasteiger partial charge in [-0.25, -0.2) is 0 Å². The predicted molar refractivity (Wildman–Crippen MR) is 72.0 cm³/mol. The van der Waals surface area contributed by atoms with Crippen LogP contribution in [0.4, 0.5) is 0 Å². The lowest BCUT2D eigenvalue weighted by atomic mass is 10.2. The molecule has 2 nitrogen and oxygen atoms in total. The maximum absolute atomic E-state index is 8.73. The van der Waals surface area contributed by atoms with Crippen molar-refractivity contribution in [3.63, 3.8) is 0 Å². The van der Waals surface area contributed by atoms with Crippen LogP contribution < -0.4 is 4.74 Å². The fraction of sp³-hybridized carbons (Fsp3) is 0.0714. The fourth-order valence-corrected chi connectivity index (χ4v) is 1.88. The van der Waals surface area contributed by atoms with Crippen molar-refractivity contribution in [2.24, 2.45) is 0 Å². The summed E-state index contributed by atoms with van der Waals surface area (Å²) in [7, 11) is 0. The first kappa shape index (κ1) is 12.8. The molecule has 0 saturated heterocycles. The molecule has 2 aromatic rings. The molecule has 90 valence electrons. The van der Waals surface area contributed by atoms with E-state index in [0.29, 0.717) is 28.0 Å². The Morgan fingerprint density at radius 2 is 1.83 bits per heavy atom. The van der Waals surface area contributed by atoms with E-state index >= 15 is 0 Å². The summed E-state index contributed by atoms with van der Waals surface area (Å²) >= 11 is 12.0. The number of nitrogens with zero attached hydrogens (tertiary/aromatic N) is 1. The summed E-state index contributed by atoms with van der Waals surface area (Å²) in [5.41, 5.74) is 1.39. The predicted octanol–water partition coefficient (Wildman–Crippen LogP) is 4.44. The molecule has 0 amide bonds. The standard InChI is InChI=1S/C14H9Cl2NO/c15-12-4-2-1-3-11(12)9-18-14-6-5-10(8-17)7-13(14)16/h1-7H,9H2. The molecule has 0 fully saturated rings. The maximum Gasteiger partial charge on any atom is 0.138 e. The first-order valence-electron chi connectivity index (χ1n) is 5.26. The molecule has 0 aliphatic heterocycles. The lowest BCUT2D eigenvalue weighted by Crippen LogP contribution is -1.96. The Balaban J connectivity index is 2.12. The molecule has 0 aliphatic rings. The molecule has 0 bridgehead atoms. The molecule has 0 radical (unpaired) electrons. The third-order valence-corrected chi connectivity index (χ3v) is 3.07. The van der Waals surface area contributed by atoms with Crippen molar-refractivity contribution >= 4 is 23.2 Å². The Bertz CT molecular complexity index is 605. The zero-order valence-electron chi connectivity index (χ0n) is 9.36. The molecule has 0 aliphatic carbocycles. The van der Waals surface area contributed by atoms with Gasteiger partial charge >= 0.3 is 0 Å². The molecule has 18 heavy (non-hydrogen) atoms. The van der Waals surface area contributed by atoms with Crippen LogP contribution >= 0.6 is 23.2 Å². The molecule has 0 atom stereocenters. The van der Waals surface area contributed by atoms with E-state index < -0.39 is 0 Å². The van der Waals surface area contributed by atoms with Crippen LogP contribution in [0.1, 0.15) is 11.1 Å². The summed E-state index contributed by atoms with van der Waals surface area (Å²) in [6.45, 7) is 0.339. The largest absolute Gasteiger partial charge is 0.487 e. The van der Waals surface area contributed by atoms with Crippen LogP contribution in [-0.4, -0.2) is 0 Å². The van der Waals surface area contributed by atoms with Gasteiger partial charge in [0.15, 0.2) is 0 Å². The van der Waals surface area contributed by atoms with E-state index in [4.69, 9.17) is 33.2 Å². The lowest BCUT2D eigenvalue weighted by Gasteiger charge is -2.09. The first-order chi connectivity index (χ1) is 8.70. The Morgan fingerprint density at radius 3 is 2.50 bits per heavy atom. The topological polar surface area (TPSA) is 33.0 Å². The molecule has 0 aromatic heterocycles. The van der Waals surface area contributed by atoms with Crippen molar-refractivity contribution < 1.29 is 4.74 Å². The second-order valence-corrected chi connectivity index (χ2v) is 4.45. The van der Waals surface area contributed by atoms with E-state index in [1.54, 1.807) is 24.3 Å². The summed E-state index contributed by atoms with van der Waals surface area (Å²) < 4.78 is 5.58. The van der Waals surface area contributed by atoms with E-state index in [9.17, 15) is 0 Å². The average molecular weight is 278 g/mol. The monoisotopic (exact) mass is 277 g/mol. The molecule has 0 N–H and O–H groups in total. The first-order valence-corrected chi connectivity index (χ1v) is 6.02. The number of halogens is 2. The molecule has 2 aromatic carbocycles. The number of ether oxygens (including phenoxy) is 1. The molecule has 0 spiro atoms. The number of benzene rings is 2. The van der Waals surface area contributed by atoms with Crippen LogP contribution in [0.5, 0.6) is 5.75 Å². The highest BCUT2D eigenvalue weighted by atomic mass is 35.5. The average Bonchev–Trinajstić information content (AvgIpc) is 2.39. The SMILES string of the molecule is N#Cc1ccc(OCc2ccccc2Cl)c(Cl)c1. The summed E-state index contributed by atoms with van der Waals surface area (Å²) in [6, 6.07) is 14.4. The van der Waals surface area contributed by atoms with Crippen LogP contribution in [0.3, 0.4) is 0 Å². The second-order valence-electron chi connectivity index (χ2n) is 3.64. The van der Waals surface area contributed by atoms with E-state index in [0.717, 1.165) is 5.56 Å². The Morgan fingerprint density at radius 1 is 1.06 bits per heavy atom. The van der Waals surface area contributed by atoms with Crippen molar-refractivity contribution in [2.75, 3.05) is 0 Å². The normalized spacial score (nSPS) is 9.83. The summed E-state index contributed by atoms with van der Waals surface area (Å²) in [4.78, 5) is 0. The number of hydrogen-bond acceptors (Lipinski definition) is 2. The zero-order chi connectivity index (χ0) is 13.0. The second kappa shape index (κ2) is 5.77. The van der Waals surface area contributed by atoms with Gasteiger partial charge in [-0.3, -0.25) is 0 Å². The highest BCUT2D eigenvalue weighted by Crippen LogP contribution is 2.27. The van der Waals surface area contributed by atoms with Gasteiger partial charge in [0, 0.05) is 10.6 Å². The summed E-state index contributed by atoms with van der Waals surface area (Å²) in [5.74, 6) is 0.538. The van der Waals surface area contributed by atoms with Gasteiger partial charge in [0.25, 0.3) is 0 Å². The smallest absolute Gasteiger partial charge is 0.138 e. The van der Waals surface area contributed by atoms with Crippen molar-refractivity contribution in [1.29, 1.82) is 5.26 Å². The molecule has 0 saturated carbocycles. The Kier molecular flexibility index (Phi) is 4.09. The van der Waals surface area contributed by atoms with Crippen LogP contribution in [0.25, 0.3) is 0 Å². The number of nitriles is 1. The summed E-state index contributed by atoms with van der Waals surface area (Å²) in [6.07, 6.45) is 0. The molecule has 0 unspecified atom stereocenters. The van der Waals surface area contributed by atoms with Gasteiger partial charge in [-0.1, -0.05) is 41.4 Å². The van der Waals surface area contributed by atoms with Crippen molar-refractivity contribution in [2.45, 2.75) is 6.61 Å². The third kappa shape index (κ3) is 2.95. The molecular weight excluding hydrogens is 269 g/mol. The number of rotatable bonds is 3. The van der Waals surface area contributed by atoms with Crippen molar-refractivity contribution in [3.8, 4) is 11.8 Å². The maximum atomic E-state index is 8.73. The van der Waals surface area contributed by atoms with E-state index in [1.807, 2.05) is 24.3 Å². The van der Waals surface area contributed by atoms with Gasteiger partial charge < -0.3 is 4.74 Å². The zero-order valence-corrected chi connectivity index (χ0v) is 10.9. The molecule has 0 heterocycles. The van der Waals surface area contributed by atoms with Gasteiger partial charge in [-0.15, -0.1) is 0 Å². The molecule has 4 heteroatoms. The van der Waals surface area contributed by atoms with Crippen LogP contribution in [0, 0.1) is 11.3 Å². The Hall–Kier alpha value is -1.69. The highest BCUT2D eigenvalue weighted by Gasteiger charge is 2.05. The Labute approximate surface area is 115 Å². The van der Waals surface area contributed by atoms with Gasteiger partial charge in [0.2, 0.25) is 0 Å². The van der Waals surface area contributed by atoms with Crippen molar-refractivity contribution in [1.82, 2.24) is 0 Å². The van der Waals surface area contributed by atoms with Crippen LogP contribution in [0.15, 0.2) is 42.5 Å². The third-order valence-electron chi connectivity index (χ3n) is 2.40. The highest BCUT2D eigenvalue weighted by molar-refractivity contribution is 6.32. The fourth-order valence-electron chi connectivity index (χ4n) is 1.46.